The quantitative estimate of drug-likeness (QED) is 0.552. The summed E-state index contributed by atoms with van der Waals surface area (Å²) in [6.07, 6.45) is 2.75. The molecule has 0 unspecified atom stereocenters. The van der Waals surface area contributed by atoms with E-state index in [0.717, 1.165) is 6.42 Å². The SMILES string of the molecule is C=C[C@](C)(CC)CO. The van der Waals surface area contributed by atoms with Crippen molar-refractivity contribution in [2.45, 2.75) is 20.3 Å². The van der Waals surface area contributed by atoms with Gasteiger partial charge in [0.05, 0.1) is 6.61 Å². The molecule has 0 spiro atoms. The van der Waals surface area contributed by atoms with Gasteiger partial charge in [0, 0.05) is 5.41 Å². The van der Waals surface area contributed by atoms with Crippen LogP contribution in [0, 0.1) is 5.41 Å². The molecule has 0 amide bonds. The average Bonchev–Trinajstić information content (AvgIpc) is 1.87. The lowest BCUT2D eigenvalue weighted by Gasteiger charge is -2.19. The number of hydrogen-bond donors (Lipinski definition) is 1. The molecule has 1 heteroatoms. The van der Waals surface area contributed by atoms with Crippen molar-refractivity contribution in [2.75, 3.05) is 6.61 Å². The maximum absolute atomic E-state index is 8.71. The summed E-state index contributed by atoms with van der Waals surface area (Å²) in [7, 11) is 0. The van der Waals surface area contributed by atoms with Crippen molar-refractivity contribution in [1.82, 2.24) is 0 Å². The van der Waals surface area contributed by atoms with Crippen molar-refractivity contribution in [1.29, 1.82) is 0 Å². The van der Waals surface area contributed by atoms with Crippen molar-refractivity contribution < 1.29 is 5.11 Å². The fourth-order valence-electron chi connectivity index (χ4n) is 0.321. The molecule has 8 heavy (non-hydrogen) atoms. The van der Waals surface area contributed by atoms with Crippen LogP contribution in [0.2, 0.25) is 0 Å². The Hall–Kier alpha value is -0.300. The summed E-state index contributed by atoms with van der Waals surface area (Å²) >= 11 is 0. The van der Waals surface area contributed by atoms with Gasteiger partial charge in [0.1, 0.15) is 0 Å². The standard InChI is InChI=1S/C7H14O/c1-4-7(3,5-2)6-8/h4,8H,1,5-6H2,2-3H3/t7-/m1/s1. The minimum atomic E-state index is -0.0556. The Balaban J connectivity index is 3.76. The van der Waals surface area contributed by atoms with Gasteiger partial charge >= 0.3 is 0 Å². The third kappa shape index (κ3) is 1.66. The molecule has 0 heterocycles. The van der Waals surface area contributed by atoms with Crippen molar-refractivity contribution in [3.05, 3.63) is 12.7 Å². The van der Waals surface area contributed by atoms with Crippen LogP contribution in [0.1, 0.15) is 20.3 Å². The molecule has 48 valence electrons. The molecule has 0 bridgehead atoms. The number of hydrogen-bond acceptors (Lipinski definition) is 1. The van der Waals surface area contributed by atoms with Gasteiger partial charge in [0.2, 0.25) is 0 Å². The van der Waals surface area contributed by atoms with Crippen LogP contribution in [0.5, 0.6) is 0 Å². The monoisotopic (exact) mass is 114 g/mol. The molecular formula is C7H14O. The summed E-state index contributed by atoms with van der Waals surface area (Å²) in [5, 5.41) is 8.71. The lowest BCUT2D eigenvalue weighted by molar-refractivity contribution is 0.181. The lowest BCUT2D eigenvalue weighted by atomic mass is 9.89. The van der Waals surface area contributed by atoms with Crippen LogP contribution in [0.25, 0.3) is 0 Å². The highest BCUT2D eigenvalue weighted by Gasteiger charge is 2.14. The van der Waals surface area contributed by atoms with Crippen molar-refractivity contribution in [3.63, 3.8) is 0 Å². The summed E-state index contributed by atoms with van der Waals surface area (Å²) in [6, 6.07) is 0. The van der Waals surface area contributed by atoms with Gasteiger partial charge < -0.3 is 5.11 Å². The molecule has 0 saturated carbocycles. The van der Waals surface area contributed by atoms with E-state index in [1.807, 2.05) is 13.8 Å². The fraction of sp³-hybridized carbons (Fsp3) is 0.714. The zero-order chi connectivity index (χ0) is 6.62. The first-order chi connectivity index (χ1) is 3.68. The predicted octanol–water partition coefficient (Wildman–Crippen LogP) is 1.58. The molecule has 0 aromatic carbocycles. The molecule has 1 N–H and O–H groups in total. The minimum Gasteiger partial charge on any atom is -0.395 e. The van der Waals surface area contributed by atoms with Gasteiger partial charge in [0.25, 0.3) is 0 Å². The van der Waals surface area contributed by atoms with E-state index in [1.54, 1.807) is 6.08 Å². The van der Waals surface area contributed by atoms with Gasteiger partial charge in [-0.15, -0.1) is 6.58 Å². The zero-order valence-electron chi connectivity index (χ0n) is 5.65. The van der Waals surface area contributed by atoms with Gasteiger partial charge in [-0.25, -0.2) is 0 Å². The van der Waals surface area contributed by atoms with E-state index >= 15 is 0 Å². The second kappa shape index (κ2) is 2.88. The maximum Gasteiger partial charge on any atom is 0.0519 e. The van der Waals surface area contributed by atoms with Crippen LogP contribution in [0.15, 0.2) is 12.7 Å². The Morgan fingerprint density at radius 2 is 2.25 bits per heavy atom. The van der Waals surface area contributed by atoms with Crippen LogP contribution in [-0.4, -0.2) is 11.7 Å². The summed E-state index contributed by atoms with van der Waals surface area (Å²) in [4.78, 5) is 0. The molecule has 1 nitrogen and oxygen atoms in total. The molecule has 0 aliphatic rings. The van der Waals surface area contributed by atoms with E-state index in [4.69, 9.17) is 5.11 Å². The molecule has 0 aromatic rings. The molecular weight excluding hydrogens is 100 g/mol. The molecule has 0 saturated heterocycles. The third-order valence-electron chi connectivity index (χ3n) is 1.66. The normalized spacial score (nSPS) is 17.4. The van der Waals surface area contributed by atoms with Crippen LogP contribution < -0.4 is 0 Å². The lowest BCUT2D eigenvalue weighted by Crippen LogP contribution is -2.15. The first kappa shape index (κ1) is 7.70. The Bertz CT molecular complexity index is 72.5. The Morgan fingerprint density at radius 3 is 2.25 bits per heavy atom. The van der Waals surface area contributed by atoms with E-state index in [1.165, 1.54) is 0 Å². The first-order valence-corrected chi connectivity index (χ1v) is 2.93. The molecule has 1 atom stereocenters. The van der Waals surface area contributed by atoms with Crippen LogP contribution in [0.4, 0.5) is 0 Å². The predicted molar refractivity (Wildman–Crippen MR) is 35.7 cm³/mol. The van der Waals surface area contributed by atoms with Crippen LogP contribution in [0.3, 0.4) is 0 Å². The summed E-state index contributed by atoms with van der Waals surface area (Å²) in [5.74, 6) is 0. The smallest absolute Gasteiger partial charge is 0.0519 e. The number of aliphatic hydroxyl groups excluding tert-OH is 1. The van der Waals surface area contributed by atoms with Gasteiger partial charge in [0.15, 0.2) is 0 Å². The fourth-order valence-corrected chi connectivity index (χ4v) is 0.321. The highest BCUT2D eigenvalue weighted by Crippen LogP contribution is 2.19. The Morgan fingerprint density at radius 1 is 1.75 bits per heavy atom. The highest BCUT2D eigenvalue weighted by molar-refractivity contribution is 4.89. The molecule has 0 aliphatic heterocycles. The van der Waals surface area contributed by atoms with Crippen LogP contribution >= 0.6 is 0 Å². The average molecular weight is 114 g/mol. The topological polar surface area (TPSA) is 20.2 Å². The van der Waals surface area contributed by atoms with E-state index in [-0.39, 0.29) is 12.0 Å². The largest absolute Gasteiger partial charge is 0.395 e. The van der Waals surface area contributed by atoms with Gasteiger partial charge in [-0.2, -0.15) is 0 Å². The number of rotatable bonds is 3. The van der Waals surface area contributed by atoms with E-state index in [0.29, 0.717) is 0 Å². The molecule has 0 rings (SSSR count). The third-order valence-corrected chi connectivity index (χ3v) is 1.66. The highest BCUT2D eigenvalue weighted by atomic mass is 16.3. The molecule has 0 radical (unpaired) electrons. The first-order valence-electron chi connectivity index (χ1n) is 2.93. The summed E-state index contributed by atoms with van der Waals surface area (Å²) in [6.45, 7) is 7.84. The second-order valence-electron chi connectivity index (χ2n) is 2.37. The Labute approximate surface area is 51.0 Å². The number of aliphatic hydroxyl groups is 1. The summed E-state index contributed by atoms with van der Waals surface area (Å²) < 4.78 is 0. The van der Waals surface area contributed by atoms with E-state index in [2.05, 4.69) is 6.58 Å². The molecule has 0 aliphatic carbocycles. The van der Waals surface area contributed by atoms with Crippen molar-refractivity contribution in [2.24, 2.45) is 5.41 Å². The molecule has 0 fully saturated rings. The summed E-state index contributed by atoms with van der Waals surface area (Å²) in [5.41, 5.74) is -0.0556. The van der Waals surface area contributed by atoms with Gasteiger partial charge in [-0.1, -0.05) is 19.9 Å². The van der Waals surface area contributed by atoms with E-state index in [9.17, 15) is 0 Å². The van der Waals surface area contributed by atoms with Gasteiger partial charge in [-0.05, 0) is 6.42 Å². The maximum atomic E-state index is 8.71. The molecule has 0 aromatic heterocycles. The zero-order valence-corrected chi connectivity index (χ0v) is 5.65. The second-order valence-corrected chi connectivity index (χ2v) is 2.37. The van der Waals surface area contributed by atoms with Crippen molar-refractivity contribution in [3.8, 4) is 0 Å². The van der Waals surface area contributed by atoms with E-state index < -0.39 is 0 Å². The Kier molecular flexibility index (Phi) is 2.77. The van der Waals surface area contributed by atoms with Crippen LogP contribution in [-0.2, 0) is 0 Å². The minimum absolute atomic E-state index is 0.0556. The van der Waals surface area contributed by atoms with Gasteiger partial charge in [-0.3, -0.25) is 0 Å². The van der Waals surface area contributed by atoms with Crippen molar-refractivity contribution >= 4 is 0 Å².